The van der Waals surface area contributed by atoms with Crippen molar-refractivity contribution in [2.75, 3.05) is 34.0 Å². The Labute approximate surface area is 123 Å². The smallest absolute Gasteiger partial charge is 0.180 e. The molecule has 0 atom stereocenters. The number of methoxy groups -OCH3 is 2. The van der Waals surface area contributed by atoms with Crippen molar-refractivity contribution in [2.24, 2.45) is 0 Å². The molecule has 5 nitrogen and oxygen atoms in total. The highest BCUT2D eigenvalue weighted by Gasteiger charge is 2.14. The molecule has 0 saturated heterocycles. The maximum absolute atomic E-state index is 5.85. The number of nitrogens with zero attached hydrogens (tertiary/aromatic N) is 2. The topological polar surface area (TPSA) is 60.6 Å². The number of hydrogen-bond donors (Lipinski definition) is 1. The Balaban J connectivity index is 2.45. The first-order valence-electron chi connectivity index (χ1n) is 6.17. The molecule has 6 heteroatoms. The third-order valence-corrected chi connectivity index (χ3v) is 3.70. The molecule has 0 radical (unpaired) electrons. The van der Waals surface area contributed by atoms with Crippen molar-refractivity contribution < 1.29 is 9.47 Å². The van der Waals surface area contributed by atoms with Gasteiger partial charge >= 0.3 is 0 Å². The van der Waals surface area contributed by atoms with Crippen LogP contribution in [0.15, 0.2) is 18.2 Å². The van der Waals surface area contributed by atoms with Crippen LogP contribution in [0, 0.1) is 0 Å². The summed E-state index contributed by atoms with van der Waals surface area (Å²) < 4.78 is 10.6. The Kier molecular flexibility index (Phi) is 4.46. The molecule has 0 unspecified atom stereocenters. The number of thiazole rings is 1. The molecule has 2 N–H and O–H groups in total. The Morgan fingerprint density at radius 2 is 1.90 bits per heavy atom. The van der Waals surface area contributed by atoms with Crippen LogP contribution in [0.2, 0.25) is 0 Å². The van der Waals surface area contributed by atoms with Crippen LogP contribution in [-0.2, 0) is 6.54 Å². The minimum atomic E-state index is 0.576. The van der Waals surface area contributed by atoms with Crippen LogP contribution in [0.25, 0.3) is 11.3 Å². The minimum Gasteiger partial charge on any atom is -0.493 e. The molecule has 0 aliphatic heterocycles. The number of rotatable bonds is 5. The highest BCUT2D eigenvalue weighted by molar-refractivity contribution is 7.15. The molecule has 0 aliphatic carbocycles. The van der Waals surface area contributed by atoms with Gasteiger partial charge in [0.2, 0.25) is 0 Å². The zero-order valence-corrected chi connectivity index (χ0v) is 13.0. The number of nitrogen functional groups attached to an aromatic ring is 1. The molecule has 0 spiro atoms. The lowest BCUT2D eigenvalue weighted by Gasteiger charge is -2.11. The third kappa shape index (κ3) is 3.02. The van der Waals surface area contributed by atoms with Crippen molar-refractivity contribution in [3.05, 3.63) is 23.1 Å². The quantitative estimate of drug-likeness (QED) is 0.917. The molecule has 2 rings (SSSR count). The number of nitrogens with two attached hydrogens (primary N) is 1. The van der Waals surface area contributed by atoms with Crippen LogP contribution in [0.3, 0.4) is 0 Å². The molecule has 108 valence electrons. The fourth-order valence-electron chi connectivity index (χ4n) is 1.97. The average Bonchev–Trinajstić information content (AvgIpc) is 2.77. The molecule has 0 saturated carbocycles. The van der Waals surface area contributed by atoms with Gasteiger partial charge in [0.1, 0.15) is 0 Å². The van der Waals surface area contributed by atoms with Gasteiger partial charge in [-0.25, -0.2) is 4.98 Å². The maximum atomic E-state index is 5.85. The highest BCUT2D eigenvalue weighted by atomic mass is 32.1. The first-order valence-corrected chi connectivity index (χ1v) is 6.99. The fraction of sp³-hybridized carbons (Fsp3) is 0.357. The van der Waals surface area contributed by atoms with E-state index < -0.39 is 0 Å². The largest absolute Gasteiger partial charge is 0.493 e. The van der Waals surface area contributed by atoms with Crippen LogP contribution in [0.1, 0.15) is 4.88 Å². The lowest BCUT2D eigenvalue weighted by molar-refractivity contribution is 0.355. The Morgan fingerprint density at radius 3 is 2.50 bits per heavy atom. The van der Waals surface area contributed by atoms with Gasteiger partial charge in [0.15, 0.2) is 16.6 Å². The summed E-state index contributed by atoms with van der Waals surface area (Å²) >= 11 is 1.51. The second-order valence-electron chi connectivity index (χ2n) is 4.63. The van der Waals surface area contributed by atoms with E-state index in [2.05, 4.69) is 9.88 Å². The molecule has 1 aromatic carbocycles. The summed E-state index contributed by atoms with van der Waals surface area (Å²) in [6, 6.07) is 5.77. The van der Waals surface area contributed by atoms with E-state index in [4.69, 9.17) is 15.2 Å². The predicted octanol–water partition coefficient (Wildman–Crippen LogP) is 2.47. The number of benzene rings is 1. The summed E-state index contributed by atoms with van der Waals surface area (Å²) in [7, 11) is 7.29. The van der Waals surface area contributed by atoms with Crippen LogP contribution >= 0.6 is 11.3 Å². The van der Waals surface area contributed by atoms with Gasteiger partial charge in [0, 0.05) is 17.0 Å². The summed E-state index contributed by atoms with van der Waals surface area (Å²) in [5, 5.41) is 0.576. The normalized spacial score (nSPS) is 10.8. The zero-order valence-electron chi connectivity index (χ0n) is 12.1. The molecule has 1 heterocycles. The van der Waals surface area contributed by atoms with Crippen molar-refractivity contribution in [3.63, 3.8) is 0 Å². The second-order valence-corrected chi connectivity index (χ2v) is 5.75. The summed E-state index contributed by atoms with van der Waals surface area (Å²) in [6.45, 7) is 0.804. The molecule has 0 bridgehead atoms. The van der Waals surface area contributed by atoms with Gasteiger partial charge in [-0.1, -0.05) is 0 Å². The number of ether oxygens (including phenoxy) is 2. The molecule has 1 aromatic heterocycles. The molecule has 20 heavy (non-hydrogen) atoms. The van der Waals surface area contributed by atoms with E-state index in [1.165, 1.54) is 11.3 Å². The Bertz CT molecular complexity index is 596. The summed E-state index contributed by atoms with van der Waals surface area (Å²) in [5.41, 5.74) is 7.74. The van der Waals surface area contributed by atoms with E-state index in [-0.39, 0.29) is 0 Å². The maximum Gasteiger partial charge on any atom is 0.180 e. The summed E-state index contributed by atoms with van der Waals surface area (Å²) in [5.74, 6) is 1.39. The van der Waals surface area contributed by atoms with Crippen molar-refractivity contribution >= 4 is 16.5 Å². The number of aromatic nitrogens is 1. The highest BCUT2D eigenvalue weighted by Crippen LogP contribution is 2.36. The van der Waals surface area contributed by atoms with Crippen molar-refractivity contribution in [2.45, 2.75) is 6.54 Å². The van der Waals surface area contributed by atoms with E-state index in [0.29, 0.717) is 16.6 Å². The number of hydrogen-bond acceptors (Lipinski definition) is 6. The molecule has 0 fully saturated rings. The van der Waals surface area contributed by atoms with Crippen LogP contribution in [-0.4, -0.2) is 38.2 Å². The minimum absolute atomic E-state index is 0.576. The monoisotopic (exact) mass is 293 g/mol. The van der Waals surface area contributed by atoms with E-state index in [1.807, 2.05) is 32.3 Å². The van der Waals surface area contributed by atoms with Crippen molar-refractivity contribution in [1.82, 2.24) is 9.88 Å². The Morgan fingerprint density at radius 1 is 1.20 bits per heavy atom. The first kappa shape index (κ1) is 14.6. The van der Waals surface area contributed by atoms with Crippen LogP contribution in [0.5, 0.6) is 11.5 Å². The molecular formula is C14H19N3O2S. The van der Waals surface area contributed by atoms with Crippen LogP contribution in [0.4, 0.5) is 5.13 Å². The van der Waals surface area contributed by atoms with Gasteiger partial charge in [-0.05, 0) is 32.3 Å². The number of anilines is 1. The van der Waals surface area contributed by atoms with Gasteiger partial charge in [-0.3, -0.25) is 0 Å². The third-order valence-electron chi connectivity index (χ3n) is 2.83. The molecular weight excluding hydrogens is 274 g/mol. The Hall–Kier alpha value is -1.79. The predicted molar refractivity (Wildman–Crippen MR) is 82.5 cm³/mol. The standard InChI is InChI=1S/C14H19N3O2S/c1-17(2)8-12-13(16-14(15)20-12)9-5-6-10(18-3)11(7-9)19-4/h5-7H,8H2,1-4H3,(H2,15,16). The summed E-state index contributed by atoms with van der Waals surface area (Å²) in [4.78, 5) is 7.67. The van der Waals surface area contributed by atoms with E-state index in [1.54, 1.807) is 14.2 Å². The first-order chi connectivity index (χ1) is 9.55. The lowest BCUT2D eigenvalue weighted by Crippen LogP contribution is -2.10. The van der Waals surface area contributed by atoms with Gasteiger partial charge in [-0.2, -0.15) is 0 Å². The second kappa shape index (κ2) is 6.11. The van der Waals surface area contributed by atoms with E-state index in [0.717, 1.165) is 22.7 Å². The summed E-state index contributed by atoms with van der Waals surface area (Å²) in [6.07, 6.45) is 0. The van der Waals surface area contributed by atoms with Gasteiger partial charge < -0.3 is 20.1 Å². The van der Waals surface area contributed by atoms with Gasteiger partial charge in [-0.15, -0.1) is 11.3 Å². The zero-order chi connectivity index (χ0) is 14.7. The van der Waals surface area contributed by atoms with E-state index in [9.17, 15) is 0 Å². The van der Waals surface area contributed by atoms with Crippen LogP contribution < -0.4 is 15.2 Å². The molecule has 2 aromatic rings. The average molecular weight is 293 g/mol. The fourth-order valence-corrected chi connectivity index (χ4v) is 2.95. The lowest BCUT2D eigenvalue weighted by atomic mass is 10.1. The van der Waals surface area contributed by atoms with Crippen molar-refractivity contribution in [1.29, 1.82) is 0 Å². The SMILES string of the molecule is COc1ccc(-c2nc(N)sc2CN(C)C)cc1OC. The molecule has 0 amide bonds. The van der Waals surface area contributed by atoms with Gasteiger partial charge in [0.05, 0.1) is 19.9 Å². The van der Waals surface area contributed by atoms with E-state index >= 15 is 0 Å². The van der Waals surface area contributed by atoms with Gasteiger partial charge in [0.25, 0.3) is 0 Å². The molecule has 0 aliphatic rings. The van der Waals surface area contributed by atoms with Crippen molar-refractivity contribution in [3.8, 4) is 22.8 Å².